The first-order chi connectivity index (χ1) is 13.0. The van der Waals surface area contributed by atoms with Crippen molar-refractivity contribution >= 4 is 29.6 Å². The summed E-state index contributed by atoms with van der Waals surface area (Å²) in [7, 11) is 3.21. The third-order valence-electron chi connectivity index (χ3n) is 5.30. The molecule has 1 atom stereocenters. The molecular weight excluding hydrogens is 348 g/mol. The van der Waals surface area contributed by atoms with Crippen molar-refractivity contribution in [2.24, 2.45) is 0 Å². The van der Waals surface area contributed by atoms with Gasteiger partial charge in [-0.1, -0.05) is 0 Å². The van der Waals surface area contributed by atoms with E-state index in [-0.39, 0.29) is 24.0 Å². The molecule has 0 radical (unpaired) electrons. The zero-order chi connectivity index (χ0) is 19.1. The molecule has 142 valence electrons. The van der Waals surface area contributed by atoms with Crippen LogP contribution in [0.15, 0.2) is 12.4 Å². The average Bonchev–Trinajstić information content (AvgIpc) is 3.06. The molecule has 4 rings (SSSR count). The van der Waals surface area contributed by atoms with Gasteiger partial charge < -0.3 is 5.32 Å². The molecule has 0 saturated carbocycles. The first kappa shape index (κ1) is 17.5. The minimum absolute atomic E-state index is 0.171. The molecule has 2 aromatic heterocycles. The standard InChI is InChI=1S/C17H23N8O2/c1-11-20-21-15-14(18-6-9-25(11)15)19-12-4-7-24(8-5-12)13-10-22(2)17(27)23(3)16(13)26/h6,9-10,12-13H,4-5,7-8H2,1-3H3,(H,18,19)/q+1. The van der Waals surface area contributed by atoms with Crippen LogP contribution in [0.25, 0.3) is 5.65 Å². The molecule has 0 aliphatic carbocycles. The summed E-state index contributed by atoms with van der Waals surface area (Å²) in [6.07, 6.45) is 7.03. The van der Waals surface area contributed by atoms with Crippen LogP contribution in [0.5, 0.6) is 0 Å². The highest BCUT2D eigenvalue weighted by molar-refractivity contribution is 6.06. The lowest BCUT2D eigenvalue weighted by molar-refractivity contribution is -0.401. The highest BCUT2D eigenvalue weighted by Crippen LogP contribution is 2.20. The van der Waals surface area contributed by atoms with Crippen LogP contribution in [0.1, 0.15) is 18.7 Å². The number of aryl methyl sites for hydroxylation is 1. The predicted octanol–water partition coefficient (Wildman–Crippen LogP) is -0.0173. The SMILES string of the molecule is Cc1nnc2c(NC3CCN(C4C=[N+](C)C(=O)N(C)C4=O)CC3)nccn12. The number of fused-ring (bicyclic) bond motifs is 1. The second kappa shape index (κ2) is 6.69. The third kappa shape index (κ3) is 3.05. The third-order valence-corrected chi connectivity index (χ3v) is 5.30. The van der Waals surface area contributed by atoms with Crippen LogP contribution >= 0.6 is 0 Å². The van der Waals surface area contributed by atoms with Crippen LogP contribution < -0.4 is 5.32 Å². The maximum atomic E-state index is 12.5. The number of piperidine rings is 1. The van der Waals surface area contributed by atoms with E-state index < -0.39 is 0 Å². The van der Waals surface area contributed by atoms with Crippen molar-refractivity contribution in [3.8, 4) is 0 Å². The van der Waals surface area contributed by atoms with Gasteiger partial charge in [0.05, 0.1) is 14.1 Å². The van der Waals surface area contributed by atoms with Gasteiger partial charge in [-0.25, -0.2) is 14.4 Å². The van der Waals surface area contributed by atoms with E-state index in [0.29, 0.717) is 0 Å². The van der Waals surface area contributed by atoms with Gasteiger partial charge in [-0.3, -0.25) is 9.30 Å². The normalized spacial score (nSPS) is 22.4. The number of likely N-dealkylation sites (tertiary alicyclic amines) is 1. The Bertz CT molecular complexity index is 928. The van der Waals surface area contributed by atoms with Crippen LogP contribution in [0, 0.1) is 6.92 Å². The van der Waals surface area contributed by atoms with Crippen molar-refractivity contribution in [3.63, 3.8) is 0 Å². The summed E-state index contributed by atoms with van der Waals surface area (Å²) < 4.78 is 3.39. The number of rotatable bonds is 3. The Hall–Kier alpha value is -2.88. The fourth-order valence-corrected chi connectivity index (χ4v) is 3.68. The Labute approximate surface area is 156 Å². The van der Waals surface area contributed by atoms with Crippen molar-refractivity contribution in [2.75, 3.05) is 32.5 Å². The lowest BCUT2D eigenvalue weighted by Gasteiger charge is -2.36. The zero-order valence-corrected chi connectivity index (χ0v) is 15.7. The number of hydrogen-bond acceptors (Lipinski definition) is 7. The van der Waals surface area contributed by atoms with Crippen molar-refractivity contribution in [1.82, 2.24) is 29.4 Å². The summed E-state index contributed by atoms with van der Waals surface area (Å²) in [5.41, 5.74) is 0.718. The largest absolute Gasteiger partial charge is 0.500 e. The molecule has 1 saturated heterocycles. The van der Waals surface area contributed by atoms with Gasteiger partial charge in [0.1, 0.15) is 12.0 Å². The van der Waals surface area contributed by atoms with Gasteiger partial charge >= 0.3 is 11.9 Å². The molecule has 2 aliphatic heterocycles. The quantitative estimate of drug-likeness (QED) is 0.757. The van der Waals surface area contributed by atoms with E-state index in [1.54, 1.807) is 19.5 Å². The number of hydrogen-bond donors (Lipinski definition) is 1. The molecule has 27 heavy (non-hydrogen) atoms. The summed E-state index contributed by atoms with van der Waals surface area (Å²) in [6.45, 7) is 3.42. The highest BCUT2D eigenvalue weighted by Gasteiger charge is 2.42. The zero-order valence-electron chi connectivity index (χ0n) is 15.7. The minimum atomic E-state index is -0.389. The summed E-state index contributed by atoms with van der Waals surface area (Å²) in [6, 6.07) is -0.442. The molecule has 0 spiro atoms. The van der Waals surface area contributed by atoms with Crippen molar-refractivity contribution in [2.45, 2.75) is 31.8 Å². The van der Waals surface area contributed by atoms with Crippen molar-refractivity contribution in [1.29, 1.82) is 0 Å². The Balaban J connectivity index is 1.43. The highest BCUT2D eigenvalue weighted by atomic mass is 16.2. The molecule has 1 unspecified atom stereocenters. The summed E-state index contributed by atoms with van der Waals surface area (Å²) in [4.78, 5) is 32.1. The smallest absolute Gasteiger partial charge is 0.364 e. The number of aromatic nitrogens is 4. The second-order valence-electron chi connectivity index (χ2n) is 7.06. The molecular formula is C17H23N8O2+. The molecule has 2 aliphatic rings. The second-order valence-corrected chi connectivity index (χ2v) is 7.06. The topological polar surface area (TPSA) is 98.7 Å². The van der Waals surface area contributed by atoms with Crippen LogP contribution in [-0.4, -0.2) is 91.4 Å². The van der Waals surface area contributed by atoms with Gasteiger partial charge in [-0.05, 0) is 19.8 Å². The molecule has 0 bridgehead atoms. The first-order valence-corrected chi connectivity index (χ1v) is 9.02. The first-order valence-electron chi connectivity index (χ1n) is 9.02. The number of anilines is 1. The molecule has 4 heterocycles. The summed E-state index contributed by atoms with van der Waals surface area (Å²) >= 11 is 0. The van der Waals surface area contributed by atoms with Gasteiger partial charge in [0.15, 0.2) is 11.9 Å². The van der Waals surface area contributed by atoms with E-state index in [9.17, 15) is 9.59 Å². The van der Waals surface area contributed by atoms with E-state index in [2.05, 4.69) is 25.4 Å². The monoisotopic (exact) mass is 371 g/mol. The number of amides is 3. The molecule has 10 nitrogen and oxygen atoms in total. The Morgan fingerprint density at radius 1 is 1.22 bits per heavy atom. The van der Waals surface area contributed by atoms with Crippen LogP contribution in [0.4, 0.5) is 10.6 Å². The van der Waals surface area contributed by atoms with Crippen LogP contribution in [-0.2, 0) is 4.79 Å². The Kier molecular flexibility index (Phi) is 4.34. The van der Waals surface area contributed by atoms with Crippen molar-refractivity contribution < 1.29 is 14.2 Å². The molecule has 1 N–H and O–H groups in total. The maximum absolute atomic E-state index is 12.5. The number of likely N-dealkylation sites (N-methyl/N-ethyl adjacent to an activating group) is 1. The van der Waals surface area contributed by atoms with Gasteiger partial charge in [-0.15, -0.1) is 10.2 Å². The average molecular weight is 371 g/mol. The fourth-order valence-electron chi connectivity index (χ4n) is 3.68. The van der Waals surface area contributed by atoms with Crippen LogP contribution in [0.3, 0.4) is 0 Å². The van der Waals surface area contributed by atoms with E-state index >= 15 is 0 Å². The van der Waals surface area contributed by atoms with E-state index in [0.717, 1.165) is 43.2 Å². The number of nitrogens with zero attached hydrogens (tertiary/aromatic N) is 7. The number of carbonyl (C=O) groups is 2. The van der Waals surface area contributed by atoms with E-state index in [1.807, 2.05) is 17.5 Å². The molecule has 0 aromatic carbocycles. The van der Waals surface area contributed by atoms with Gasteiger partial charge in [0.2, 0.25) is 5.65 Å². The summed E-state index contributed by atoms with van der Waals surface area (Å²) in [5.74, 6) is 1.37. The van der Waals surface area contributed by atoms with Crippen LogP contribution in [0.2, 0.25) is 0 Å². The minimum Gasteiger partial charge on any atom is -0.364 e. The maximum Gasteiger partial charge on any atom is 0.500 e. The number of nitrogens with one attached hydrogen (secondary N) is 1. The lowest BCUT2D eigenvalue weighted by atomic mass is 10.0. The number of imide groups is 1. The number of carbonyl (C=O) groups excluding carboxylic acids is 2. The van der Waals surface area contributed by atoms with Gasteiger partial charge in [0, 0.05) is 31.5 Å². The number of urea groups is 1. The fraction of sp³-hybridized carbons (Fsp3) is 0.529. The van der Waals surface area contributed by atoms with E-state index in [1.165, 1.54) is 16.5 Å². The van der Waals surface area contributed by atoms with Crippen molar-refractivity contribution in [3.05, 3.63) is 18.2 Å². The predicted molar refractivity (Wildman–Crippen MR) is 97.9 cm³/mol. The van der Waals surface area contributed by atoms with Gasteiger partial charge in [0.25, 0.3) is 0 Å². The Morgan fingerprint density at radius 2 is 1.96 bits per heavy atom. The van der Waals surface area contributed by atoms with Gasteiger partial charge in [-0.2, -0.15) is 9.69 Å². The summed E-state index contributed by atoms with van der Waals surface area (Å²) in [5, 5.41) is 11.8. The molecule has 3 amide bonds. The Morgan fingerprint density at radius 3 is 2.70 bits per heavy atom. The lowest BCUT2D eigenvalue weighted by Crippen LogP contribution is -2.58. The molecule has 2 aromatic rings. The molecule has 1 fully saturated rings. The van der Waals surface area contributed by atoms with E-state index in [4.69, 9.17) is 0 Å². The molecule has 10 heteroatoms.